The minimum absolute atomic E-state index is 0. The molecular weight excluding hydrogens is 831 g/mol. The zero-order valence-corrected chi connectivity index (χ0v) is 31.7. The number of nitrogens with zero attached hydrogens (tertiary/aromatic N) is 3. The number of aromatic nitrogens is 3. The van der Waals surface area contributed by atoms with Crippen molar-refractivity contribution in [3.63, 3.8) is 0 Å². The minimum atomic E-state index is -2.52. The van der Waals surface area contributed by atoms with E-state index in [1.807, 2.05) is 66.7 Å². The van der Waals surface area contributed by atoms with E-state index in [9.17, 15) is 0 Å². The summed E-state index contributed by atoms with van der Waals surface area (Å²) in [5.74, 6) is 0.597. The number of benzene rings is 4. The van der Waals surface area contributed by atoms with Crippen LogP contribution in [0.4, 0.5) is 0 Å². The topological polar surface area (TPSA) is 38.7 Å². The van der Waals surface area contributed by atoms with Crippen LogP contribution >= 0.6 is 11.3 Å². The molecule has 261 valence electrons. The van der Waals surface area contributed by atoms with Crippen molar-refractivity contribution in [1.29, 1.82) is 0 Å². The van der Waals surface area contributed by atoms with E-state index in [-0.39, 0.29) is 31.2 Å². The number of hydrogen-bond donors (Lipinski definition) is 0. The molecule has 52 heavy (non-hydrogen) atoms. The Bertz CT molecular complexity index is 2750. The molecule has 0 atom stereocenters. The van der Waals surface area contributed by atoms with Crippen LogP contribution in [0.5, 0.6) is 0 Å². The zero-order valence-electron chi connectivity index (χ0n) is 36.5. The van der Waals surface area contributed by atoms with Crippen molar-refractivity contribution in [1.82, 2.24) is 15.0 Å². The number of aryl methyl sites for hydroxylation is 2. The van der Waals surface area contributed by atoms with Gasteiger partial charge in [0.15, 0.2) is 0 Å². The fourth-order valence-electron chi connectivity index (χ4n) is 6.84. The molecule has 4 heterocycles. The molecule has 5 heteroatoms. The molecule has 3 nitrogen and oxygen atoms in total. The van der Waals surface area contributed by atoms with Gasteiger partial charge in [-0.25, -0.2) is 4.98 Å². The smallest absolute Gasteiger partial charge is 0.114 e. The van der Waals surface area contributed by atoms with E-state index in [1.165, 1.54) is 44.4 Å². The van der Waals surface area contributed by atoms with Crippen LogP contribution in [0.25, 0.3) is 53.7 Å². The number of thiophene rings is 1. The van der Waals surface area contributed by atoms with Gasteiger partial charge in [0.05, 0.1) is 5.52 Å². The normalized spacial score (nSPS) is 16.2. The van der Waals surface area contributed by atoms with Gasteiger partial charge < -0.3 is 9.97 Å². The van der Waals surface area contributed by atoms with Gasteiger partial charge in [-0.15, -0.1) is 59.7 Å². The van der Waals surface area contributed by atoms with Crippen LogP contribution in [0.15, 0.2) is 122 Å². The Hall–Kier alpha value is -4.54. The molecule has 0 spiro atoms. The Morgan fingerprint density at radius 1 is 0.750 bits per heavy atom. The van der Waals surface area contributed by atoms with Crippen molar-refractivity contribution in [3.05, 3.63) is 162 Å². The molecule has 1 aliphatic rings. The van der Waals surface area contributed by atoms with Gasteiger partial charge in [-0.1, -0.05) is 109 Å². The number of rotatable bonds is 6. The average Bonchev–Trinajstić information content (AvgIpc) is 3.59. The summed E-state index contributed by atoms with van der Waals surface area (Å²) in [5.41, 5.74) is 5.43. The summed E-state index contributed by atoms with van der Waals surface area (Å²) in [7, 11) is 0. The van der Waals surface area contributed by atoms with E-state index in [0.29, 0.717) is 28.3 Å². The van der Waals surface area contributed by atoms with Gasteiger partial charge in [0.25, 0.3) is 0 Å². The van der Waals surface area contributed by atoms with E-state index in [2.05, 4.69) is 28.2 Å². The van der Waals surface area contributed by atoms with Crippen molar-refractivity contribution < 1.29 is 31.1 Å². The number of para-hydroxylation sites is 1. The molecule has 1 radical (unpaired) electrons. The van der Waals surface area contributed by atoms with Crippen LogP contribution in [-0.2, 0) is 32.9 Å². The van der Waals surface area contributed by atoms with Gasteiger partial charge >= 0.3 is 0 Å². The molecule has 9 rings (SSSR count). The Morgan fingerprint density at radius 2 is 1.54 bits per heavy atom. The maximum absolute atomic E-state index is 8.71. The van der Waals surface area contributed by atoms with Gasteiger partial charge in [0, 0.05) is 54.2 Å². The quantitative estimate of drug-likeness (QED) is 0.156. The molecule has 1 aliphatic carbocycles. The molecule has 0 unspecified atom stereocenters. The van der Waals surface area contributed by atoms with Crippen LogP contribution in [0.3, 0.4) is 0 Å². The first kappa shape index (κ1) is 27.1. The molecule has 0 saturated heterocycles. The van der Waals surface area contributed by atoms with E-state index in [4.69, 9.17) is 16.0 Å². The second-order valence-electron chi connectivity index (χ2n) is 13.1. The minimum Gasteiger partial charge on any atom is -0.304 e. The predicted octanol–water partition coefficient (Wildman–Crippen LogP) is 12.3. The Morgan fingerprint density at radius 3 is 2.37 bits per heavy atom. The maximum atomic E-state index is 8.71. The van der Waals surface area contributed by atoms with Crippen LogP contribution in [0, 0.1) is 31.8 Å². The molecule has 0 amide bonds. The standard InChI is InChI=1S/C28H19N2S.C19H22N.Ir/c1-18-13-26(29-17-22(18)14-19-7-3-2-4-8-19)21-11-12-27-23(15-21)24-16-20-9-5-6-10-25(20)30-28(24)31-27;1-15-14-20-19(17-10-6-3-7-11-17)13-18(15)12-16-8-4-2-5-9-16;/h2-10,12-13,15-17H,14H2,1H3;3,6-7,10,13-14,16H,2,4-5,8-9,12H2,1H3;/q2*-1;/i1D3,14D2;1D3;. The summed E-state index contributed by atoms with van der Waals surface area (Å²) in [6.45, 7) is -4.62. The molecule has 0 N–H and O–H groups in total. The summed E-state index contributed by atoms with van der Waals surface area (Å²) in [6.07, 6.45) is 7.96. The van der Waals surface area contributed by atoms with E-state index < -0.39 is 20.1 Å². The fourth-order valence-corrected chi connectivity index (χ4v) is 7.87. The fraction of sp³-hybridized carbons (Fsp3) is 0.213. The summed E-state index contributed by atoms with van der Waals surface area (Å²) in [4.78, 5) is 14.6. The molecular formula is C47H41IrN3S-2. The molecule has 1 fully saturated rings. The summed E-state index contributed by atoms with van der Waals surface area (Å²) < 4.78 is 66.2. The Labute approximate surface area is 335 Å². The van der Waals surface area contributed by atoms with Crippen molar-refractivity contribution in [3.8, 4) is 22.5 Å². The molecule has 0 aliphatic heterocycles. The van der Waals surface area contributed by atoms with Gasteiger partial charge in [-0.2, -0.15) is 11.3 Å². The van der Waals surface area contributed by atoms with E-state index >= 15 is 0 Å². The van der Waals surface area contributed by atoms with Crippen molar-refractivity contribution in [2.24, 2.45) is 5.92 Å². The predicted molar refractivity (Wildman–Crippen MR) is 214 cm³/mol. The third kappa shape index (κ3) is 8.08. The molecule has 1 saturated carbocycles. The summed E-state index contributed by atoms with van der Waals surface area (Å²) in [6, 6.07) is 40.0. The van der Waals surface area contributed by atoms with Crippen molar-refractivity contribution >= 4 is 42.5 Å². The van der Waals surface area contributed by atoms with Crippen LogP contribution in [-0.4, -0.2) is 15.0 Å². The third-order valence-corrected chi connectivity index (χ3v) is 10.6. The summed E-state index contributed by atoms with van der Waals surface area (Å²) in [5, 5.41) is 3.08. The summed E-state index contributed by atoms with van der Waals surface area (Å²) >= 11 is 1.59. The van der Waals surface area contributed by atoms with Crippen molar-refractivity contribution in [2.75, 3.05) is 0 Å². The Kier molecular flexibility index (Phi) is 8.57. The second kappa shape index (κ2) is 16.4. The van der Waals surface area contributed by atoms with Gasteiger partial charge in [-0.05, 0) is 77.3 Å². The SMILES string of the molecule is [2H]C([2H])([2H])c1cc(-c2[c-]cc3sc4nc5ccccc5cc4c3c2)ncc1C([2H])([2H])c1ccccc1.[2H]C([2H])([2H])c1cnc(-c2[c-]cccc2)cc1CC1CCCCC1.[Ir]. The van der Waals surface area contributed by atoms with E-state index in [0.717, 1.165) is 54.4 Å². The molecule has 0 bridgehead atoms. The van der Waals surface area contributed by atoms with Gasteiger partial charge in [0.1, 0.15) is 4.83 Å². The van der Waals surface area contributed by atoms with Crippen LogP contribution < -0.4 is 0 Å². The monoisotopic (exact) mass is 880 g/mol. The largest absolute Gasteiger partial charge is 0.304 e. The number of hydrogen-bond acceptors (Lipinski definition) is 4. The molecule has 4 aromatic carbocycles. The van der Waals surface area contributed by atoms with Crippen LogP contribution in [0.2, 0.25) is 0 Å². The first-order chi connectivity index (χ1) is 28.3. The first-order valence-corrected chi connectivity index (χ1v) is 18.2. The number of pyridine rings is 3. The number of fused-ring (bicyclic) bond motifs is 4. The van der Waals surface area contributed by atoms with Gasteiger partial charge in [0.2, 0.25) is 0 Å². The Balaban J connectivity index is 0.000000197. The maximum Gasteiger partial charge on any atom is 0.114 e. The van der Waals surface area contributed by atoms with Gasteiger partial charge in [-0.3, -0.25) is 0 Å². The first-order valence-electron chi connectivity index (χ1n) is 21.4. The van der Waals surface area contributed by atoms with Crippen LogP contribution in [0.1, 0.15) is 70.9 Å². The van der Waals surface area contributed by atoms with E-state index in [1.54, 1.807) is 47.9 Å². The molecule has 8 aromatic rings. The third-order valence-electron chi connectivity index (χ3n) is 9.54. The average molecular weight is 880 g/mol. The molecule has 4 aromatic heterocycles. The zero-order chi connectivity index (χ0) is 41.4. The second-order valence-corrected chi connectivity index (χ2v) is 14.1. The van der Waals surface area contributed by atoms with Crippen molar-refractivity contribution in [2.45, 2.75) is 58.6 Å².